The molecule has 1 N–H and O–H groups in total. The largest absolute Gasteiger partial charge is 0.315 e. The van der Waals surface area contributed by atoms with E-state index in [1.54, 1.807) is 0 Å². The molecular formula is C11H24N2. The van der Waals surface area contributed by atoms with Crippen molar-refractivity contribution >= 4 is 0 Å². The van der Waals surface area contributed by atoms with Crippen molar-refractivity contribution in [2.24, 2.45) is 0 Å². The van der Waals surface area contributed by atoms with Crippen LogP contribution in [0.4, 0.5) is 0 Å². The minimum absolute atomic E-state index is 0.554. The van der Waals surface area contributed by atoms with Gasteiger partial charge in [0.1, 0.15) is 0 Å². The Bertz CT molecular complexity index is 139. The van der Waals surface area contributed by atoms with Gasteiger partial charge in [0.2, 0.25) is 0 Å². The molecule has 0 bridgehead atoms. The maximum atomic E-state index is 3.47. The molecular weight excluding hydrogens is 160 g/mol. The molecule has 0 radical (unpaired) electrons. The molecule has 0 saturated carbocycles. The van der Waals surface area contributed by atoms with Crippen LogP contribution in [0.25, 0.3) is 0 Å². The van der Waals surface area contributed by atoms with Crippen LogP contribution in [0.15, 0.2) is 0 Å². The van der Waals surface area contributed by atoms with Gasteiger partial charge >= 0.3 is 0 Å². The third kappa shape index (κ3) is 2.23. The molecule has 0 aromatic carbocycles. The highest BCUT2D eigenvalue weighted by Gasteiger charge is 2.38. The van der Waals surface area contributed by atoms with Crippen LogP contribution in [0, 0.1) is 0 Å². The Morgan fingerprint density at radius 2 is 1.92 bits per heavy atom. The third-order valence-corrected chi connectivity index (χ3v) is 3.42. The summed E-state index contributed by atoms with van der Waals surface area (Å²) in [5, 5.41) is 3.47. The molecule has 1 spiro atoms. The molecule has 2 fully saturated rings. The molecule has 2 aliphatic heterocycles. The summed E-state index contributed by atoms with van der Waals surface area (Å²) in [5.41, 5.74) is 0.554. The van der Waals surface area contributed by atoms with Gasteiger partial charge in [0, 0.05) is 12.1 Å². The van der Waals surface area contributed by atoms with Crippen LogP contribution in [-0.2, 0) is 0 Å². The fraction of sp³-hybridized carbons (Fsp3) is 1.00. The minimum atomic E-state index is 0.554. The van der Waals surface area contributed by atoms with Gasteiger partial charge in [-0.05, 0) is 39.4 Å². The summed E-state index contributed by atoms with van der Waals surface area (Å²) < 4.78 is 0. The standard InChI is InChI=1S/C9H18N2.C2H6/c1-11-7-3-2-4-9(11)5-6-10-8-9;1-2/h10H,2-8H2,1H3;1-2H3. The molecule has 2 nitrogen and oxygen atoms in total. The van der Waals surface area contributed by atoms with E-state index < -0.39 is 0 Å². The van der Waals surface area contributed by atoms with Crippen molar-refractivity contribution < 1.29 is 0 Å². The highest BCUT2D eigenvalue weighted by atomic mass is 15.2. The lowest BCUT2D eigenvalue weighted by molar-refractivity contribution is 0.0911. The van der Waals surface area contributed by atoms with E-state index in [9.17, 15) is 0 Å². The topological polar surface area (TPSA) is 15.3 Å². The molecule has 2 aliphatic rings. The number of rotatable bonds is 0. The zero-order valence-corrected chi connectivity index (χ0v) is 9.40. The van der Waals surface area contributed by atoms with Crippen molar-refractivity contribution in [3.05, 3.63) is 0 Å². The average Bonchev–Trinajstić information content (AvgIpc) is 2.64. The second kappa shape index (κ2) is 4.97. The molecule has 1 unspecified atom stereocenters. The van der Waals surface area contributed by atoms with Gasteiger partial charge in [0.25, 0.3) is 0 Å². The van der Waals surface area contributed by atoms with Crippen molar-refractivity contribution in [3.63, 3.8) is 0 Å². The van der Waals surface area contributed by atoms with Crippen LogP contribution in [-0.4, -0.2) is 37.1 Å². The Morgan fingerprint density at radius 1 is 1.15 bits per heavy atom. The second-order valence-corrected chi connectivity index (χ2v) is 4.03. The maximum Gasteiger partial charge on any atom is 0.0342 e. The molecule has 0 aromatic heterocycles. The van der Waals surface area contributed by atoms with Crippen molar-refractivity contribution in [2.75, 3.05) is 26.7 Å². The predicted octanol–water partition coefficient (Wildman–Crippen LogP) is 1.86. The van der Waals surface area contributed by atoms with Gasteiger partial charge in [-0.1, -0.05) is 20.3 Å². The quantitative estimate of drug-likeness (QED) is 0.618. The Balaban J connectivity index is 0.000000396. The van der Waals surface area contributed by atoms with Gasteiger partial charge < -0.3 is 5.32 Å². The van der Waals surface area contributed by atoms with Crippen molar-refractivity contribution in [2.45, 2.75) is 45.1 Å². The first-order valence-corrected chi connectivity index (χ1v) is 5.75. The molecule has 0 aliphatic carbocycles. The zero-order chi connectivity index (χ0) is 9.73. The van der Waals surface area contributed by atoms with Crippen LogP contribution in [0.3, 0.4) is 0 Å². The van der Waals surface area contributed by atoms with Crippen molar-refractivity contribution in [1.29, 1.82) is 0 Å². The molecule has 2 heterocycles. The van der Waals surface area contributed by atoms with E-state index in [0.29, 0.717) is 5.54 Å². The normalized spacial score (nSPS) is 34.4. The molecule has 0 aromatic rings. The maximum absolute atomic E-state index is 3.47. The van der Waals surface area contributed by atoms with E-state index in [2.05, 4.69) is 17.3 Å². The van der Waals surface area contributed by atoms with Gasteiger partial charge in [0.15, 0.2) is 0 Å². The molecule has 13 heavy (non-hydrogen) atoms. The zero-order valence-electron chi connectivity index (χ0n) is 9.40. The second-order valence-electron chi connectivity index (χ2n) is 4.03. The minimum Gasteiger partial charge on any atom is -0.315 e. The van der Waals surface area contributed by atoms with Gasteiger partial charge in [-0.25, -0.2) is 0 Å². The first kappa shape index (κ1) is 11.0. The number of likely N-dealkylation sites (N-methyl/N-ethyl adjacent to an activating group) is 1. The van der Waals surface area contributed by atoms with E-state index in [1.165, 1.54) is 45.3 Å². The van der Waals surface area contributed by atoms with Crippen LogP contribution in [0.2, 0.25) is 0 Å². The van der Waals surface area contributed by atoms with Gasteiger partial charge in [-0.3, -0.25) is 4.90 Å². The van der Waals surface area contributed by atoms with Crippen molar-refractivity contribution in [3.8, 4) is 0 Å². The van der Waals surface area contributed by atoms with E-state index in [4.69, 9.17) is 0 Å². The Morgan fingerprint density at radius 3 is 2.46 bits per heavy atom. The number of nitrogens with zero attached hydrogens (tertiary/aromatic N) is 1. The predicted molar refractivity (Wildman–Crippen MR) is 58.0 cm³/mol. The average molecular weight is 184 g/mol. The molecule has 2 saturated heterocycles. The molecule has 2 rings (SSSR count). The first-order chi connectivity index (χ1) is 6.33. The molecule has 1 atom stereocenters. The number of piperidine rings is 1. The summed E-state index contributed by atoms with van der Waals surface area (Å²) in [5.74, 6) is 0. The molecule has 0 amide bonds. The summed E-state index contributed by atoms with van der Waals surface area (Å²) >= 11 is 0. The van der Waals surface area contributed by atoms with E-state index in [0.717, 1.165) is 0 Å². The lowest BCUT2D eigenvalue weighted by Crippen LogP contribution is -2.50. The Hall–Kier alpha value is -0.0800. The lowest BCUT2D eigenvalue weighted by atomic mass is 9.86. The SMILES string of the molecule is CC.CN1CCCCC12CCNC2. The summed E-state index contributed by atoms with van der Waals surface area (Å²) in [6, 6.07) is 0. The number of hydrogen-bond acceptors (Lipinski definition) is 2. The molecule has 78 valence electrons. The lowest BCUT2D eigenvalue weighted by Gasteiger charge is -2.42. The summed E-state index contributed by atoms with van der Waals surface area (Å²) in [6.07, 6.45) is 5.62. The highest BCUT2D eigenvalue weighted by Crippen LogP contribution is 2.31. The van der Waals surface area contributed by atoms with Crippen LogP contribution in [0.1, 0.15) is 39.5 Å². The third-order valence-electron chi connectivity index (χ3n) is 3.42. The number of nitrogens with one attached hydrogen (secondary N) is 1. The summed E-state index contributed by atoms with van der Waals surface area (Å²) in [6.45, 7) is 7.76. The smallest absolute Gasteiger partial charge is 0.0342 e. The van der Waals surface area contributed by atoms with E-state index in [-0.39, 0.29) is 0 Å². The number of likely N-dealkylation sites (tertiary alicyclic amines) is 1. The van der Waals surface area contributed by atoms with Crippen LogP contribution >= 0.6 is 0 Å². The summed E-state index contributed by atoms with van der Waals surface area (Å²) in [7, 11) is 2.28. The molecule has 2 heteroatoms. The van der Waals surface area contributed by atoms with Crippen molar-refractivity contribution in [1.82, 2.24) is 10.2 Å². The fourth-order valence-corrected chi connectivity index (χ4v) is 2.50. The Kier molecular flexibility index (Phi) is 4.20. The summed E-state index contributed by atoms with van der Waals surface area (Å²) in [4.78, 5) is 2.57. The number of hydrogen-bond donors (Lipinski definition) is 1. The van der Waals surface area contributed by atoms with Gasteiger partial charge in [0.05, 0.1) is 0 Å². The van der Waals surface area contributed by atoms with Crippen LogP contribution < -0.4 is 5.32 Å². The monoisotopic (exact) mass is 184 g/mol. The van der Waals surface area contributed by atoms with E-state index >= 15 is 0 Å². The Labute approximate surface area is 82.7 Å². The van der Waals surface area contributed by atoms with Gasteiger partial charge in [-0.2, -0.15) is 0 Å². The highest BCUT2D eigenvalue weighted by molar-refractivity contribution is 4.98. The van der Waals surface area contributed by atoms with Crippen LogP contribution in [0.5, 0.6) is 0 Å². The van der Waals surface area contributed by atoms with E-state index in [1.807, 2.05) is 13.8 Å². The van der Waals surface area contributed by atoms with Gasteiger partial charge in [-0.15, -0.1) is 0 Å². The fourth-order valence-electron chi connectivity index (χ4n) is 2.50. The first-order valence-electron chi connectivity index (χ1n) is 5.75.